The Kier molecular flexibility index (Phi) is 7.87. The molecule has 0 bridgehead atoms. The summed E-state index contributed by atoms with van der Waals surface area (Å²) < 4.78 is 0. The molecule has 0 aliphatic carbocycles. The van der Waals surface area contributed by atoms with Gasteiger partial charge in [0.15, 0.2) is 0 Å². The van der Waals surface area contributed by atoms with E-state index in [0.717, 1.165) is 0 Å². The highest BCUT2D eigenvalue weighted by Gasteiger charge is 2.10. The molecule has 1 heterocycles. The van der Waals surface area contributed by atoms with E-state index < -0.39 is 0 Å². The molecule has 1 aliphatic rings. The predicted molar refractivity (Wildman–Crippen MR) is 81.4 cm³/mol. The summed E-state index contributed by atoms with van der Waals surface area (Å²) in [6.45, 7) is 9.80. The monoisotopic (exact) mass is 253 g/mol. The fraction of sp³-hybridized carbons (Fsp3) is 0.867. The summed E-state index contributed by atoms with van der Waals surface area (Å²) in [6, 6.07) is 0. The minimum atomic E-state index is 0.00833. The first kappa shape index (κ1) is 15.0. The summed E-state index contributed by atoms with van der Waals surface area (Å²) in [6.07, 6.45) is 11.1. The SMILES string of the molecule is CCCC(CCC)=C(C)[SiH2]CN1CCCCC1. The molecular formula is C15H31NSi. The molecule has 0 amide bonds. The van der Waals surface area contributed by atoms with Crippen molar-refractivity contribution in [3.8, 4) is 0 Å². The van der Waals surface area contributed by atoms with Crippen molar-refractivity contribution in [3.05, 3.63) is 10.8 Å². The Balaban J connectivity index is 2.37. The van der Waals surface area contributed by atoms with Crippen LogP contribution in [0, 0.1) is 0 Å². The Morgan fingerprint density at radius 3 is 2.12 bits per heavy atom. The van der Waals surface area contributed by atoms with Crippen molar-refractivity contribution in [2.45, 2.75) is 65.7 Å². The maximum Gasteiger partial charge on any atom is 0.0649 e. The van der Waals surface area contributed by atoms with Crippen LogP contribution < -0.4 is 0 Å². The maximum absolute atomic E-state index is 2.72. The smallest absolute Gasteiger partial charge is 0.0649 e. The Hall–Kier alpha value is -0.0831. The molecule has 0 aromatic heterocycles. The summed E-state index contributed by atoms with van der Waals surface area (Å²) in [5.74, 6) is 0. The highest BCUT2D eigenvalue weighted by atomic mass is 28.2. The zero-order chi connectivity index (χ0) is 12.5. The molecular weight excluding hydrogens is 222 g/mol. The summed E-state index contributed by atoms with van der Waals surface area (Å²) in [4.78, 5) is 2.72. The Morgan fingerprint density at radius 2 is 1.59 bits per heavy atom. The Bertz CT molecular complexity index is 221. The molecule has 0 unspecified atom stereocenters. The first-order chi connectivity index (χ1) is 8.27. The third-order valence-corrected chi connectivity index (χ3v) is 6.06. The minimum absolute atomic E-state index is 0.00833. The Morgan fingerprint density at radius 1 is 1.00 bits per heavy atom. The zero-order valence-electron chi connectivity index (χ0n) is 12.2. The molecule has 0 saturated carbocycles. The van der Waals surface area contributed by atoms with Gasteiger partial charge in [0, 0.05) is 0 Å². The van der Waals surface area contributed by atoms with E-state index in [4.69, 9.17) is 0 Å². The van der Waals surface area contributed by atoms with Crippen LogP contribution in [0.15, 0.2) is 10.8 Å². The molecule has 100 valence electrons. The van der Waals surface area contributed by atoms with Gasteiger partial charge in [0.1, 0.15) is 0 Å². The van der Waals surface area contributed by atoms with Crippen molar-refractivity contribution in [2.75, 3.05) is 19.3 Å². The van der Waals surface area contributed by atoms with Gasteiger partial charge in [-0.3, -0.25) is 0 Å². The molecule has 0 aromatic rings. The number of allylic oxidation sites excluding steroid dienone is 2. The fourth-order valence-electron chi connectivity index (χ4n) is 2.84. The van der Waals surface area contributed by atoms with Gasteiger partial charge in [0.05, 0.1) is 9.52 Å². The summed E-state index contributed by atoms with van der Waals surface area (Å²) in [7, 11) is 0.00833. The van der Waals surface area contributed by atoms with Crippen molar-refractivity contribution in [2.24, 2.45) is 0 Å². The van der Waals surface area contributed by atoms with Crippen molar-refractivity contribution >= 4 is 9.52 Å². The molecule has 0 aromatic carbocycles. The molecule has 1 rings (SSSR count). The largest absolute Gasteiger partial charge is 0.306 e. The normalized spacial score (nSPS) is 17.8. The predicted octanol–water partition coefficient (Wildman–Crippen LogP) is 3.47. The quantitative estimate of drug-likeness (QED) is 0.628. The number of nitrogens with zero attached hydrogens (tertiary/aromatic N) is 1. The molecule has 0 N–H and O–H groups in total. The van der Waals surface area contributed by atoms with Crippen LogP contribution >= 0.6 is 0 Å². The van der Waals surface area contributed by atoms with Gasteiger partial charge in [-0.2, -0.15) is 0 Å². The molecule has 17 heavy (non-hydrogen) atoms. The van der Waals surface area contributed by atoms with Crippen LogP contribution in [0.2, 0.25) is 0 Å². The molecule has 0 spiro atoms. The maximum atomic E-state index is 2.72. The standard InChI is InChI=1S/C15H31NSi/c1-4-9-15(10-5-2)14(3)17-13-16-11-7-6-8-12-16/h4-13,17H2,1-3H3. The third kappa shape index (κ3) is 5.87. The van der Waals surface area contributed by atoms with Crippen molar-refractivity contribution in [1.29, 1.82) is 0 Å². The van der Waals surface area contributed by atoms with Gasteiger partial charge in [-0.05, 0) is 51.9 Å². The van der Waals surface area contributed by atoms with Crippen LogP contribution in [0.4, 0.5) is 0 Å². The van der Waals surface area contributed by atoms with E-state index in [9.17, 15) is 0 Å². The van der Waals surface area contributed by atoms with E-state index in [2.05, 4.69) is 25.7 Å². The lowest BCUT2D eigenvalue weighted by Crippen LogP contribution is -2.33. The fourth-order valence-corrected chi connectivity index (χ4v) is 4.65. The van der Waals surface area contributed by atoms with E-state index in [1.807, 2.05) is 5.20 Å². The molecule has 1 saturated heterocycles. The minimum Gasteiger partial charge on any atom is -0.306 e. The number of piperidine rings is 1. The van der Waals surface area contributed by atoms with E-state index in [0.29, 0.717) is 0 Å². The van der Waals surface area contributed by atoms with Crippen LogP contribution in [0.3, 0.4) is 0 Å². The van der Waals surface area contributed by atoms with Crippen LogP contribution in [0.25, 0.3) is 0 Å². The van der Waals surface area contributed by atoms with Crippen LogP contribution in [0.5, 0.6) is 0 Å². The molecule has 1 fully saturated rings. The van der Waals surface area contributed by atoms with Crippen LogP contribution in [-0.2, 0) is 0 Å². The van der Waals surface area contributed by atoms with Gasteiger partial charge < -0.3 is 4.90 Å². The topological polar surface area (TPSA) is 3.24 Å². The van der Waals surface area contributed by atoms with Gasteiger partial charge in [0.2, 0.25) is 0 Å². The molecule has 2 heteroatoms. The second-order valence-electron chi connectivity index (χ2n) is 5.54. The first-order valence-electron chi connectivity index (χ1n) is 7.67. The first-order valence-corrected chi connectivity index (χ1v) is 9.38. The molecule has 0 radical (unpaired) electrons. The van der Waals surface area contributed by atoms with Gasteiger partial charge in [-0.1, -0.05) is 43.9 Å². The van der Waals surface area contributed by atoms with Gasteiger partial charge in [0.25, 0.3) is 0 Å². The highest BCUT2D eigenvalue weighted by molar-refractivity contribution is 6.45. The van der Waals surface area contributed by atoms with E-state index in [1.165, 1.54) is 64.2 Å². The van der Waals surface area contributed by atoms with Crippen molar-refractivity contribution in [3.63, 3.8) is 0 Å². The molecule has 0 atom stereocenters. The average Bonchev–Trinajstić information content (AvgIpc) is 2.37. The molecule has 1 nitrogen and oxygen atoms in total. The number of rotatable bonds is 7. The molecule has 1 aliphatic heterocycles. The third-order valence-electron chi connectivity index (χ3n) is 3.96. The van der Waals surface area contributed by atoms with Crippen LogP contribution in [0.1, 0.15) is 65.7 Å². The second-order valence-corrected chi connectivity index (χ2v) is 7.54. The number of hydrogen-bond acceptors (Lipinski definition) is 1. The zero-order valence-corrected chi connectivity index (χ0v) is 13.6. The summed E-state index contributed by atoms with van der Waals surface area (Å²) >= 11 is 0. The average molecular weight is 254 g/mol. The van der Waals surface area contributed by atoms with Gasteiger partial charge in [-0.15, -0.1) is 0 Å². The van der Waals surface area contributed by atoms with Gasteiger partial charge in [-0.25, -0.2) is 0 Å². The number of likely N-dealkylation sites (tertiary alicyclic amines) is 1. The van der Waals surface area contributed by atoms with E-state index in [1.54, 1.807) is 5.57 Å². The van der Waals surface area contributed by atoms with Crippen molar-refractivity contribution < 1.29 is 0 Å². The lowest BCUT2D eigenvalue weighted by Gasteiger charge is -2.26. The highest BCUT2D eigenvalue weighted by Crippen LogP contribution is 2.17. The number of hydrogen-bond donors (Lipinski definition) is 0. The van der Waals surface area contributed by atoms with E-state index in [-0.39, 0.29) is 9.52 Å². The van der Waals surface area contributed by atoms with Crippen molar-refractivity contribution in [1.82, 2.24) is 4.90 Å². The lowest BCUT2D eigenvalue weighted by atomic mass is 10.1. The van der Waals surface area contributed by atoms with Crippen LogP contribution in [-0.4, -0.2) is 33.7 Å². The summed E-state index contributed by atoms with van der Waals surface area (Å²) in [5.41, 5.74) is 1.80. The lowest BCUT2D eigenvalue weighted by molar-refractivity contribution is 0.262. The Labute approximate surface area is 110 Å². The summed E-state index contributed by atoms with van der Waals surface area (Å²) in [5, 5.41) is 1.82. The van der Waals surface area contributed by atoms with Gasteiger partial charge >= 0.3 is 0 Å². The van der Waals surface area contributed by atoms with E-state index >= 15 is 0 Å². The second kappa shape index (κ2) is 8.93.